The molecule has 1 aromatic heterocycles. The van der Waals surface area contributed by atoms with E-state index in [1.54, 1.807) is 11.8 Å². The van der Waals surface area contributed by atoms with Gasteiger partial charge in [0.25, 0.3) is 0 Å². The third-order valence-corrected chi connectivity index (χ3v) is 6.85. The first-order valence-corrected chi connectivity index (χ1v) is 13.0. The molecule has 4 aromatic carbocycles. The van der Waals surface area contributed by atoms with Crippen LogP contribution in [0.25, 0.3) is 11.0 Å². The van der Waals surface area contributed by atoms with Gasteiger partial charge in [0.15, 0.2) is 5.92 Å². The fourth-order valence-corrected chi connectivity index (χ4v) is 5.15. The Kier molecular flexibility index (Phi) is 6.55. The molecule has 0 spiro atoms. The van der Waals surface area contributed by atoms with Crippen LogP contribution in [0.3, 0.4) is 0 Å². The fraction of sp³-hybridized carbons (Fsp3) is 0.156. The molecule has 7 heteroatoms. The Morgan fingerprint density at radius 2 is 1.54 bits per heavy atom. The van der Waals surface area contributed by atoms with Crippen molar-refractivity contribution in [2.24, 2.45) is 5.92 Å². The lowest BCUT2D eigenvalue weighted by atomic mass is 9.89. The van der Waals surface area contributed by atoms with Crippen molar-refractivity contribution in [3.63, 3.8) is 0 Å². The standard InChI is InChI=1S/C32H27N3O4/c1-2-38-31(37)28-29(23-14-11-17-25(20-23)39-24-15-7-4-8-16-24)35-27-19-10-9-18-26(27)33-32(35)34(30(28)36)21-22-12-5-3-6-13-22/h3-20,28-29H,2,21H2,1H3/t28-,29+/m0/s1. The first kappa shape index (κ1) is 24.4. The van der Waals surface area contributed by atoms with Gasteiger partial charge in [0.05, 0.1) is 30.2 Å². The number of fused-ring (bicyclic) bond motifs is 3. The highest BCUT2D eigenvalue weighted by Gasteiger charge is 2.48. The fourth-order valence-electron chi connectivity index (χ4n) is 5.15. The van der Waals surface area contributed by atoms with Crippen molar-refractivity contribution in [3.05, 3.63) is 120 Å². The SMILES string of the molecule is CCOC(=O)[C@@H]1C(=O)N(Cc2ccccc2)c2nc3ccccc3n2[C@@H]1c1cccc(Oc2ccccc2)c1. The number of amides is 1. The molecule has 0 radical (unpaired) electrons. The van der Waals surface area contributed by atoms with Gasteiger partial charge in [0.2, 0.25) is 11.9 Å². The van der Waals surface area contributed by atoms with Gasteiger partial charge in [0, 0.05) is 0 Å². The Labute approximate surface area is 226 Å². The second kappa shape index (κ2) is 10.5. The van der Waals surface area contributed by atoms with E-state index >= 15 is 0 Å². The Bertz CT molecular complexity index is 1630. The molecule has 0 bridgehead atoms. The molecule has 7 nitrogen and oxygen atoms in total. The smallest absolute Gasteiger partial charge is 0.321 e. The van der Waals surface area contributed by atoms with Crippen molar-refractivity contribution in [1.82, 2.24) is 9.55 Å². The Hall–Kier alpha value is -4.91. The second-order valence-corrected chi connectivity index (χ2v) is 9.34. The zero-order chi connectivity index (χ0) is 26.8. The molecular weight excluding hydrogens is 490 g/mol. The summed E-state index contributed by atoms with van der Waals surface area (Å²) >= 11 is 0. The van der Waals surface area contributed by atoms with E-state index in [-0.39, 0.29) is 19.1 Å². The highest BCUT2D eigenvalue weighted by Crippen LogP contribution is 2.42. The van der Waals surface area contributed by atoms with E-state index < -0.39 is 17.9 Å². The minimum atomic E-state index is -1.11. The third kappa shape index (κ3) is 4.63. The van der Waals surface area contributed by atoms with Crippen molar-refractivity contribution in [1.29, 1.82) is 0 Å². The van der Waals surface area contributed by atoms with Crippen LogP contribution in [0.2, 0.25) is 0 Å². The molecule has 1 aliphatic heterocycles. The number of anilines is 1. The average molecular weight is 518 g/mol. The number of aromatic nitrogens is 2. The largest absolute Gasteiger partial charge is 0.465 e. The summed E-state index contributed by atoms with van der Waals surface area (Å²) in [7, 11) is 0. The summed E-state index contributed by atoms with van der Waals surface area (Å²) in [6.07, 6.45) is 0. The molecule has 1 amide bonds. The number of benzene rings is 4. The summed E-state index contributed by atoms with van der Waals surface area (Å²) in [5, 5.41) is 0. The van der Waals surface area contributed by atoms with E-state index in [4.69, 9.17) is 14.5 Å². The summed E-state index contributed by atoms with van der Waals surface area (Å²) in [4.78, 5) is 34.2. The highest BCUT2D eigenvalue weighted by atomic mass is 16.5. The Morgan fingerprint density at radius 3 is 2.31 bits per heavy atom. The van der Waals surface area contributed by atoms with Crippen LogP contribution < -0.4 is 9.64 Å². The maximum atomic E-state index is 14.2. The predicted octanol–water partition coefficient (Wildman–Crippen LogP) is 6.14. The number of hydrogen-bond acceptors (Lipinski definition) is 5. The van der Waals surface area contributed by atoms with Gasteiger partial charge in [-0.2, -0.15) is 0 Å². The van der Waals surface area contributed by atoms with Crippen molar-refractivity contribution >= 4 is 28.9 Å². The van der Waals surface area contributed by atoms with Crippen LogP contribution in [0.4, 0.5) is 5.95 Å². The average Bonchev–Trinajstić information content (AvgIpc) is 3.35. The lowest BCUT2D eigenvalue weighted by Gasteiger charge is -2.38. The number of nitrogens with zero attached hydrogens (tertiary/aromatic N) is 3. The molecule has 0 N–H and O–H groups in total. The van der Waals surface area contributed by atoms with Crippen molar-refractivity contribution in [2.45, 2.75) is 19.5 Å². The van der Waals surface area contributed by atoms with Gasteiger partial charge in [-0.1, -0.05) is 72.8 Å². The van der Waals surface area contributed by atoms with Gasteiger partial charge in [-0.3, -0.25) is 14.5 Å². The number of hydrogen-bond donors (Lipinski definition) is 0. The number of ether oxygens (including phenoxy) is 2. The van der Waals surface area contributed by atoms with E-state index in [2.05, 4.69) is 0 Å². The molecule has 6 rings (SSSR count). The van der Waals surface area contributed by atoms with Crippen LogP contribution in [0.15, 0.2) is 109 Å². The number of para-hydroxylation sites is 3. The molecule has 5 aromatic rings. The monoisotopic (exact) mass is 517 g/mol. The van der Waals surface area contributed by atoms with E-state index in [1.807, 2.05) is 114 Å². The zero-order valence-corrected chi connectivity index (χ0v) is 21.4. The Balaban J connectivity index is 1.52. The highest BCUT2D eigenvalue weighted by molar-refractivity contribution is 6.08. The quantitative estimate of drug-likeness (QED) is 0.191. The van der Waals surface area contributed by atoms with Gasteiger partial charge >= 0.3 is 5.97 Å². The molecule has 2 atom stereocenters. The number of carbonyl (C=O) groups is 2. The number of imidazole rings is 1. The van der Waals surface area contributed by atoms with Crippen molar-refractivity contribution in [3.8, 4) is 11.5 Å². The topological polar surface area (TPSA) is 73.7 Å². The summed E-state index contributed by atoms with van der Waals surface area (Å²) in [6.45, 7) is 2.19. The number of esters is 1. The first-order valence-electron chi connectivity index (χ1n) is 13.0. The zero-order valence-electron chi connectivity index (χ0n) is 21.4. The molecule has 1 aliphatic rings. The molecule has 2 heterocycles. The van der Waals surface area contributed by atoms with Crippen LogP contribution in [-0.2, 0) is 20.9 Å². The molecule has 39 heavy (non-hydrogen) atoms. The van der Waals surface area contributed by atoms with Gasteiger partial charge in [-0.25, -0.2) is 4.98 Å². The van der Waals surface area contributed by atoms with E-state index in [1.165, 1.54) is 0 Å². The van der Waals surface area contributed by atoms with Crippen molar-refractivity contribution in [2.75, 3.05) is 11.5 Å². The molecular formula is C32H27N3O4. The normalized spacial score (nSPS) is 16.6. The minimum Gasteiger partial charge on any atom is -0.465 e. The lowest BCUT2D eigenvalue weighted by molar-refractivity contribution is -0.153. The third-order valence-electron chi connectivity index (χ3n) is 6.85. The van der Waals surface area contributed by atoms with Crippen molar-refractivity contribution < 1.29 is 19.1 Å². The van der Waals surface area contributed by atoms with Crippen LogP contribution in [0.1, 0.15) is 24.1 Å². The maximum Gasteiger partial charge on any atom is 0.321 e. The van der Waals surface area contributed by atoms with Crippen LogP contribution in [-0.4, -0.2) is 28.0 Å². The van der Waals surface area contributed by atoms with Gasteiger partial charge < -0.3 is 14.0 Å². The molecule has 0 aliphatic carbocycles. The Morgan fingerprint density at radius 1 is 0.846 bits per heavy atom. The van der Waals surface area contributed by atoms with Crippen LogP contribution >= 0.6 is 0 Å². The lowest BCUT2D eigenvalue weighted by Crippen LogP contribution is -2.49. The first-order chi connectivity index (χ1) is 19.1. The predicted molar refractivity (Wildman–Crippen MR) is 149 cm³/mol. The molecule has 0 unspecified atom stereocenters. The van der Waals surface area contributed by atoms with E-state index in [9.17, 15) is 9.59 Å². The second-order valence-electron chi connectivity index (χ2n) is 9.34. The van der Waals surface area contributed by atoms with Gasteiger partial charge in [0.1, 0.15) is 11.5 Å². The van der Waals surface area contributed by atoms with E-state index in [0.29, 0.717) is 17.4 Å². The van der Waals surface area contributed by atoms with Crippen LogP contribution in [0.5, 0.6) is 11.5 Å². The molecule has 194 valence electrons. The summed E-state index contributed by atoms with van der Waals surface area (Å²) < 4.78 is 13.6. The van der Waals surface area contributed by atoms with Gasteiger partial charge in [-0.05, 0) is 54.4 Å². The number of rotatable bonds is 7. The molecule has 0 saturated heterocycles. The van der Waals surface area contributed by atoms with Gasteiger partial charge in [-0.15, -0.1) is 0 Å². The van der Waals surface area contributed by atoms with Crippen LogP contribution in [0, 0.1) is 5.92 Å². The summed E-state index contributed by atoms with van der Waals surface area (Å²) in [5.74, 6) is -0.232. The summed E-state index contributed by atoms with van der Waals surface area (Å²) in [5.41, 5.74) is 3.25. The number of carbonyl (C=O) groups excluding carboxylic acids is 2. The maximum absolute atomic E-state index is 14.2. The molecule has 0 saturated carbocycles. The minimum absolute atomic E-state index is 0.169. The molecule has 0 fully saturated rings. The van der Waals surface area contributed by atoms with E-state index in [0.717, 1.165) is 22.2 Å². The summed E-state index contributed by atoms with van der Waals surface area (Å²) in [6, 6.07) is 33.7.